The van der Waals surface area contributed by atoms with Crippen molar-refractivity contribution in [2.24, 2.45) is 0 Å². The standard InChI is InChI=1S/C24H35ClN6O7S/c1-28(2)39(35,36)31-22(30-12-8-10-17(14-30)26-24(33)34)18(13-16-9-6-7-11-19(16)25)21(27-31)23(32)29(3)15-20(37-4)38-5/h6-7,9,11,17,20,26H,8,10,12-15H2,1-5H3,(H,33,34)/t17-/m1/s1. The highest BCUT2D eigenvalue weighted by atomic mass is 35.5. The number of hydrogen-bond acceptors (Lipinski definition) is 8. The van der Waals surface area contributed by atoms with Gasteiger partial charge >= 0.3 is 16.3 Å². The molecular weight excluding hydrogens is 552 g/mol. The van der Waals surface area contributed by atoms with Crippen LogP contribution in [0.5, 0.6) is 0 Å². The van der Waals surface area contributed by atoms with Crippen molar-refractivity contribution in [1.82, 2.24) is 23.7 Å². The minimum Gasteiger partial charge on any atom is -0.465 e. The summed E-state index contributed by atoms with van der Waals surface area (Å²) in [5.74, 6) is -0.352. The summed E-state index contributed by atoms with van der Waals surface area (Å²) in [6.07, 6.45) is -0.589. The Morgan fingerprint density at radius 1 is 1.23 bits per heavy atom. The lowest BCUT2D eigenvalue weighted by Gasteiger charge is -2.35. The number of nitrogens with zero attached hydrogens (tertiary/aromatic N) is 5. The molecule has 39 heavy (non-hydrogen) atoms. The van der Waals surface area contributed by atoms with E-state index in [1.165, 1.54) is 33.2 Å². The number of halogens is 1. The second kappa shape index (κ2) is 13.0. The summed E-state index contributed by atoms with van der Waals surface area (Å²) in [7, 11) is 2.99. The van der Waals surface area contributed by atoms with Gasteiger partial charge in [0.25, 0.3) is 5.91 Å². The number of aromatic nitrogens is 2. The van der Waals surface area contributed by atoms with E-state index in [1.807, 2.05) is 0 Å². The Labute approximate surface area is 233 Å². The number of anilines is 1. The summed E-state index contributed by atoms with van der Waals surface area (Å²) in [5, 5.41) is 16.6. The van der Waals surface area contributed by atoms with E-state index >= 15 is 0 Å². The SMILES string of the molecule is COC(CN(C)C(=O)c1nn(S(=O)(=O)N(C)C)c(N2CCC[C@@H](NC(=O)O)C2)c1Cc1ccccc1Cl)OC. The van der Waals surface area contributed by atoms with Crippen molar-refractivity contribution < 1.29 is 32.6 Å². The van der Waals surface area contributed by atoms with Gasteiger partial charge in [0.05, 0.1) is 6.54 Å². The second-order valence-electron chi connectivity index (χ2n) is 9.37. The molecule has 1 fully saturated rings. The second-order valence-corrected chi connectivity index (χ2v) is 11.8. The number of methoxy groups -OCH3 is 2. The van der Waals surface area contributed by atoms with Crippen LogP contribution in [0, 0.1) is 0 Å². The first-order chi connectivity index (χ1) is 18.4. The van der Waals surface area contributed by atoms with Gasteiger partial charge in [-0.05, 0) is 24.5 Å². The number of hydrogen-bond donors (Lipinski definition) is 2. The van der Waals surface area contributed by atoms with Crippen molar-refractivity contribution in [2.75, 3.05) is 59.9 Å². The van der Waals surface area contributed by atoms with E-state index < -0.39 is 34.5 Å². The molecule has 2 heterocycles. The van der Waals surface area contributed by atoms with Crippen molar-refractivity contribution in [3.63, 3.8) is 0 Å². The van der Waals surface area contributed by atoms with E-state index in [4.69, 9.17) is 21.1 Å². The van der Waals surface area contributed by atoms with E-state index in [0.29, 0.717) is 35.5 Å². The predicted molar refractivity (Wildman–Crippen MR) is 146 cm³/mol. The summed E-state index contributed by atoms with van der Waals surface area (Å²) in [4.78, 5) is 28.2. The van der Waals surface area contributed by atoms with Gasteiger partial charge in [-0.15, -0.1) is 9.19 Å². The molecule has 0 unspecified atom stereocenters. The molecule has 1 aliphatic rings. The summed E-state index contributed by atoms with van der Waals surface area (Å²) >= 11 is 6.47. The van der Waals surface area contributed by atoms with Crippen LogP contribution in [0.1, 0.15) is 34.5 Å². The van der Waals surface area contributed by atoms with Gasteiger partial charge in [-0.2, -0.15) is 12.7 Å². The minimum atomic E-state index is -4.19. The molecule has 3 rings (SSSR count). The Morgan fingerprint density at radius 3 is 2.49 bits per heavy atom. The molecule has 0 aliphatic carbocycles. The van der Waals surface area contributed by atoms with Crippen LogP contribution in [-0.2, 0) is 26.1 Å². The number of carbonyl (C=O) groups excluding carboxylic acids is 1. The fourth-order valence-corrected chi connectivity index (χ4v) is 5.55. The maximum absolute atomic E-state index is 13.8. The van der Waals surface area contributed by atoms with Crippen LogP contribution in [0.25, 0.3) is 0 Å². The van der Waals surface area contributed by atoms with Gasteiger partial charge < -0.3 is 29.7 Å². The van der Waals surface area contributed by atoms with Crippen LogP contribution in [0.2, 0.25) is 5.02 Å². The van der Waals surface area contributed by atoms with Gasteiger partial charge in [0.15, 0.2) is 12.0 Å². The number of rotatable bonds is 11. The third kappa shape index (κ3) is 7.00. The lowest BCUT2D eigenvalue weighted by molar-refractivity contribution is -0.110. The molecule has 0 bridgehead atoms. The third-order valence-corrected chi connectivity index (χ3v) is 8.46. The van der Waals surface area contributed by atoms with Gasteiger partial charge in [-0.3, -0.25) is 4.79 Å². The molecule has 1 atom stereocenters. The van der Waals surface area contributed by atoms with E-state index in [0.717, 1.165) is 8.39 Å². The minimum absolute atomic E-state index is 0.0638. The number of piperidine rings is 1. The lowest BCUT2D eigenvalue weighted by Crippen LogP contribution is -2.48. The molecule has 0 radical (unpaired) electrons. The Morgan fingerprint density at radius 2 is 1.90 bits per heavy atom. The molecule has 1 aromatic carbocycles. The highest BCUT2D eigenvalue weighted by Crippen LogP contribution is 2.33. The molecule has 2 aromatic rings. The van der Waals surface area contributed by atoms with Gasteiger partial charge in [-0.25, -0.2) is 4.79 Å². The van der Waals surface area contributed by atoms with E-state index in [1.54, 1.807) is 36.2 Å². The van der Waals surface area contributed by atoms with Crippen molar-refractivity contribution >= 4 is 39.6 Å². The van der Waals surface area contributed by atoms with Crippen LogP contribution in [-0.4, -0.2) is 111 Å². The highest BCUT2D eigenvalue weighted by molar-refractivity contribution is 7.87. The zero-order valence-corrected chi connectivity index (χ0v) is 24.2. The first-order valence-corrected chi connectivity index (χ1v) is 14.0. The Hall–Kier alpha value is -2.91. The number of nitrogens with one attached hydrogen (secondary N) is 1. The van der Waals surface area contributed by atoms with Crippen LogP contribution >= 0.6 is 11.6 Å². The van der Waals surface area contributed by atoms with Crippen molar-refractivity contribution in [3.05, 3.63) is 46.1 Å². The third-order valence-electron chi connectivity index (χ3n) is 6.48. The molecule has 2 N–H and O–H groups in total. The molecule has 13 nitrogen and oxygen atoms in total. The predicted octanol–water partition coefficient (Wildman–Crippen LogP) is 1.71. The molecule has 1 aliphatic heterocycles. The maximum atomic E-state index is 13.8. The average molecular weight is 587 g/mol. The number of likely N-dealkylation sites (N-methyl/N-ethyl adjacent to an activating group) is 1. The van der Waals surface area contributed by atoms with E-state index in [2.05, 4.69) is 10.4 Å². The first-order valence-electron chi connectivity index (χ1n) is 12.2. The fourth-order valence-electron chi connectivity index (χ4n) is 4.41. The highest BCUT2D eigenvalue weighted by Gasteiger charge is 2.36. The van der Waals surface area contributed by atoms with Crippen LogP contribution in [0.15, 0.2) is 24.3 Å². The van der Waals surface area contributed by atoms with Crippen LogP contribution < -0.4 is 10.2 Å². The van der Waals surface area contributed by atoms with E-state index in [-0.39, 0.29) is 31.0 Å². The molecule has 0 spiro atoms. The first kappa shape index (κ1) is 30.6. The number of ether oxygens (including phenoxy) is 2. The smallest absolute Gasteiger partial charge is 0.404 e. The van der Waals surface area contributed by atoms with Crippen molar-refractivity contribution in [3.8, 4) is 0 Å². The monoisotopic (exact) mass is 586 g/mol. The Bertz CT molecular complexity index is 1280. The fraction of sp³-hybridized carbons (Fsp3) is 0.542. The van der Waals surface area contributed by atoms with Gasteiger partial charge in [0.2, 0.25) is 0 Å². The molecule has 216 valence electrons. The summed E-state index contributed by atoms with van der Waals surface area (Å²) < 4.78 is 39.3. The zero-order chi connectivity index (χ0) is 28.9. The summed E-state index contributed by atoms with van der Waals surface area (Å²) in [6, 6.07) is 6.63. The summed E-state index contributed by atoms with van der Waals surface area (Å²) in [5.41, 5.74) is 0.952. The maximum Gasteiger partial charge on any atom is 0.404 e. The summed E-state index contributed by atoms with van der Waals surface area (Å²) in [6.45, 7) is 0.685. The molecular formula is C24H35ClN6O7S. The average Bonchev–Trinajstić information content (AvgIpc) is 3.27. The Kier molecular flexibility index (Phi) is 10.2. The zero-order valence-electron chi connectivity index (χ0n) is 22.6. The van der Waals surface area contributed by atoms with E-state index in [9.17, 15) is 23.1 Å². The molecule has 15 heteroatoms. The van der Waals surface area contributed by atoms with Crippen LogP contribution in [0.4, 0.5) is 10.6 Å². The quantitative estimate of drug-likeness (QED) is 0.376. The number of benzene rings is 1. The van der Waals surface area contributed by atoms with Crippen molar-refractivity contribution in [2.45, 2.75) is 31.6 Å². The van der Waals surface area contributed by atoms with Gasteiger partial charge in [0.1, 0.15) is 5.82 Å². The van der Waals surface area contributed by atoms with Crippen LogP contribution in [0.3, 0.4) is 0 Å². The molecule has 0 saturated carbocycles. The number of amides is 2. The Balaban J connectivity index is 2.23. The van der Waals surface area contributed by atoms with Gasteiger partial charge in [0, 0.05) is 71.5 Å². The number of carboxylic acid groups (broad SMARTS) is 1. The normalized spacial score (nSPS) is 16.1. The van der Waals surface area contributed by atoms with Gasteiger partial charge in [-0.1, -0.05) is 29.8 Å². The van der Waals surface area contributed by atoms with Crippen molar-refractivity contribution in [1.29, 1.82) is 0 Å². The molecule has 1 aromatic heterocycles. The number of carbonyl (C=O) groups is 2. The lowest BCUT2D eigenvalue weighted by atomic mass is 10.0. The molecule has 1 saturated heterocycles. The topological polar surface area (TPSA) is 147 Å². The molecule has 2 amide bonds. The largest absolute Gasteiger partial charge is 0.465 e.